The smallest absolute Gasteiger partial charge is 0.132 e. The SMILES string of the molecule is c1ccc(C2(c3cccc(Oc4cccc(-c5nc6ccccc6s5)c4)c3)c3ccccc3Oc3ccccc32)nc1. The lowest BCUT2D eigenvalue weighted by Crippen LogP contribution is -2.35. The molecule has 5 aromatic carbocycles. The Balaban J connectivity index is 1.26. The standard InChI is InChI=1S/C37H24N2O2S/c1-4-18-32-29(15-1)37(35-21-7-8-22-38-35,30-16-2-5-19-33(30)41-32)26-12-10-14-28(24-26)40-27-13-9-11-25(23-27)36-39-31-17-3-6-20-34(31)42-36/h1-24H. The lowest BCUT2D eigenvalue weighted by molar-refractivity contribution is 0.431. The molecular formula is C37H24N2O2S. The second-order valence-electron chi connectivity index (χ2n) is 10.2. The van der Waals surface area contributed by atoms with E-state index in [0.29, 0.717) is 0 Å². The average Bonchev–Trinajstić information content (AvgIpc) is 3.49. The molecule has 0 N–H and O–H groups in total. The van der Waals surface area contributed by atoms with Gasteiger partial charge in [-0.05, 0) is 66.2 Å². The zero-order chi connectivity index (χ0) is 27.9. The Morgan fingerprint density at radius 3 is 2.07 bits per heavy atom. The summed E-state index contributed by atoms with van der Waals surface area (Å²) in [5, 5.41) is 0.972. The summed E-state index contributed by atoms with van der Waals surface area (Å²) in [6.07, 6.45) is 1.85. The third kappa shape index (κ3) is 3.98. The highest BCUT2D eigenvalue weighted by Gasteiger charge is 2.46. The molecule has 3 heterocycles. The molecule has 0 aliphatic carbocycles. The molecule has 0 spiro atoms. The molecule has 1 aliphatic heterocycles. The van der Waals surface area contributed by atoms with E-state index in [0.717, 1.165) is 61.5 Å². The van der Waals surface area contributed by atoms with Crippen LogP contribution in [0.2, 0.25) is 0 Å². The fourth-order valence-electron chi connectivity index (χ4n) is 5.93. The number of hydrogen-bond acceptors (Lipinski definition) is 5. The van der Waals surface area contributed by atoms with Crippen LogP contribution in [0.3, 0.4) is 0 Å². The van der Waals surface area contributed by atoms with Crippen LogP contribution in [-0.4, -0.2) is 9.97 Å². The molecule has 7 aromatic rings. The van der Waals surface area contributed by atoms with Crippen LogP contribution in [0.5, 0.6) is 23.0 Å². The van der Waals surface area contributed by atoms with E-state index in [2.05, 4.69) is 60.7 Å². The lowest BCUT2D eigenvalue weighted by Gasteiger charge is -2.40. The molecule has 1 aliphatic rings. The van der Waals surface area contributed by atoms with Crippen LogP contribution >= 0.6 is 11.3 Å². The predicted molar refractivity (Wildman–Crippen MR) is 168 cm³/mol. The largest absolute Gasteiger partial charge is 0.457 e. The van der Waals surface area contributed by atoms with Crippen LogP contribution < -0.4 is 9.47 Å². The zero-order valence-electron chi connectivity index (χ0n) is 22.5. The second kappa shape index (κ2) is 9.98. The molecule has 0 unspecified atom stereocenters. The van der Waals surface area contributed by atoms with Crippen molar-refractivity contribution >= 4 is 21.6 Å². The van der Waals surface area contributed by atoms with Gasteiger partial charge in [-0.25, -0.2) is 4.98 Å². The first kappa shape index (κ1) is 24.5. The van der Waals surface area contributed by atoms with Crippen LogP contribution in [0, 0.1) is 0 Å². The Bertz CT molecular complexity index is 1990. The fourth-order valence-corrected chi connectivity index (χ4v) is 6.89. The van der Waals surface area contributed by atoms with E-state index in [4.69, 9.17) is 19.4 Å². The van der Waals surface area contributed by atoms with Gasteiger partial charge < -0.3 is 9.47 Å². The number of para-hydroxylation sites is 3. The third-order valence-corrected chi connectivity index (χ3v) is 8.81. The zero-order valence-corrected chi connectivity index (χ0v) is 23.3. The van der Waals surface area contributed by atoms with Crippen LogP contribution in [0.15, 0.2) is 146 Å². The van der Waals surface area contributed by atoms with Gasteiger partial charge in [0, 0.05) is 22.9 Å². The van der Waals surface area contributed by atoms with Crippen molar-refractivity contribution in [2.75, 3.05) is 0 Å². The van der Waals surface area contributed by atoms with Crippen molar-refractivity contribution in [2.45, 2.75) is 5.41 Å². The summed E-state index contributed by atoms with van der Waals surface area (Å²) in [5.74, 6) is 3.13. The Morgan fingerprint density at radius 2 is 1.31 bits per heavy atom. The average molecular weight is 561 g/mol. The predicted octanol–water partition coefficient (Wildman–Crippen LogP) is 9.64. The number of aromatic nitrogens is 2. The molecule has 200 valence electrons. The molecule has 0 atom stereocenters. The highest BCUT2D eigenvalue weighted by atomic mass is 32.1. The van der Waals surface area contributed by atoms with E-state index in [1.54, 1.807) is 11.3 Å². The van der Waals surface area contributed by atoms with E-state index >= 15 is 0 Å². The van der Waals surface area contributed by atoms with E-state index in [1.807, 2.05) is 85.1 Å². The first-order chi connectivity index (χ1) is 20.8. The summed E-state index contributed by atoms with van der Waals surface area (Å²) >= 11 is 1.69. The number of fused-ring (bicyclic) bond motifs is 3. The quantitative estimate of drug-likeness (QED) is 0.210. The molecule has 0 saturated heterocycles. The Hall–Kier alpha value is -5.26. The summed E-state index contributed by atoms with van der Waals surface area (Å²) in [7, 11) is 0. The minimum atomic E-state index is -0.699. The van der Waals surface area contributed by atoms with Crippen LogP contribution in [0.4, 0.5) is 0 Å². The number of rotatable bonds is 5. The number of pyridine rings is 1. The lowest BCUT2D eigenvalue weighted by atomic mass is 9.65. The van der Waals surface area contributed by atoms with Gasteiger partial charge >= 0.3 is 0 Å². The summed E-state index contributed by atoms with van der Waals surface area (Å²) in [6.45, 7) is 0. The molecule has 2 aromatic heterocycles. The monoisotopic (exact) mass is 560 g/mol. The van der Waals surface area contributed by atoms with Crippen molar-refractivity contribution < 1.29 is 9.47 Å². The van der Waals surface area contributed by atoms with Crippen molar-refractivity contribution in [3.05, 3.63) is 168 Å². The summed E-state index contributed by atoms with van der Waals surface area (Å²) < 4.78 is 14.1. The van der Waals surface area contributed by atoms with Crippen molar-refractivity contribution in [1.82, 2.24) is 9.97 Å². The van der Waals surface area contributed by atoms with E-state index < -0.39 is 5.41 Å². The van der Waals surface area contributed by atoms with Crippen molar-refractivity contribution in [2.24, 2.45) is 0 Å². The van der Waals surface area contributed by atoms with Crippen molar-refractivity contribution in [3.8, 4) is 33.6 Å². The first-order valence-electron chi connectivity index (χ1n) is 13.8. The van der Waals surface area contributed by atoms with Gasteiger partial charge in [0.1, 0.15) is 28.0 Å². The molecule has 0 saturated carbocycles. The summed E-state index contributed by atoms with van der Waals surface area (Å²) in [6, 6.07) is 47.2. The Kier molecular flexibility index (Phi) is 5.83. The number of thiazole rings is 1. The van der Waals surface area contributed by atoms with Gasteiger partial charge in [-0.15, -0.1) is 11.3 Å². The highest BCUT2D eigenvalue weighted by Crippen LogP contribution is 2.55. The molecule has 0 radical (unpaired) electrons. The molecule has 0 fully saturated rings. The maximum absolute atomic E-state index is 6.53. The summed E-state index contributed by atoms with van der Waals surface area (Å²) in [5.41, 5.74) is 5.38. The van der Waals surface area contributed by atoms with Crippen LogP contribution in [0.25, 0.3) is 20.8 Å². The second-order valence-corrected chi connectivity index (χ2v) is 11.2. The van der Waals surface area contributed by atoms with Gasteiger partial charge in [0.2, 0.25) is 0 Å². The number of ether oxygens (including phenoxy) is 2. The van der Waals surface area contributed by atoms with Gasteiger partial charge in [-0.2, -0.15) is 0 Å². The number of hydrogen-bond donors (Lipinski definition) is 0. The fraction of sp³-hybridized carbons (Fsp3) is 0.0270. The van der Waals surface area contributed by atoms with Gasteiger partial charge in [0.15, 0.2) is 0 Å². The van der Waals surface area contributed by atoms with E-state index in [-0.39, 0.29) is 0 Å². The van der Waals surface area contributed by atoms with Crippen LogP contribution in [-0.2, 0) is 5.41 Å². The molecule has 4 nitrogen and oxygen atoms in total. The molecule has 8 rings (SSSR count). The molecule has 5 heteroatoms. The molecule has 0 amide bonds. The maximum atomic E-state index is 6.53. The van der Waals surface area contributed by atoms with Crippen molar-refractivity contribution in [1.29, 1.82) is 0 Å². The highest BCUT2D eigenvalue weighted by molar-refractivity contribution is 7.21. The molecule has 0 bridgehead atoms. The van der Waals surface area contributed by atoms with Gasteiger partial charge in [0.05, 0.1) is 21.3 Å². The Labute approximate surface area is 247 Å². The van der Waals surface area contributed by atoms with Gasteiger partial charge in [-0.3, -0.25) is 4.98 Å². The number of nitrogens with zero attached hydrogens (tertiary/aromatic N) is 2. The Morgan fingerprint density at radius 1 is 0.619 bits per heavy atom. The third-order valence-electron chi connectivity index (χ3n) is 7.73. The normalized spacial score (nSPS) is 13.1. The first-order valence-corrected chi connectivity index (χ1v) is 14.6. The minimum absolute atomic E-state index is 0.699. The van der Waals surface area contributed by atoms with E-state index in [1.165, 1.54) is 4.70 Å². The van der Waals surface area contributed by atoms with Gasteiger partial charge in [0.25, 0.3) is 0 Å². The maximum Gasteiger partial charge on any atom is 0.132 e. The number of benzene rings is 5. The summed E-state index contributed by atoms with van der Waals surface area (Å²) in [4.78, 5) is 9.76. The molecular weight excluding hydrogens is 536 g/mol. The van der Waals surface area contributed by atoms with Crippen molar-refractivity contribution in [3.63, 3.8) is 0 Å². The van der Waals surface area contributed by atoms with Gasteiger partial charge in [-0.1, -0.05) is 78.9 Å². The minimum Gasteiger partial charge on any atom is -0.457 e. The topological polar surface area (TPSA) is 44.2 Å². The van der Waals surface area contributed by atoms with Crippen LogP contribution in [0.1, 0.15) is 22.4 Å². The molecule has 42 heavy (non-hydrogen) atoms. The van der Waals surface area contributed by atoms with E-state index in [9.17, 15) is 0 Å².